The molecule has 0 bridgehead atoms. The van der Waals surface area contributed by atoms with Crippen molar-refractivity contribution in [2.45, 2.75) is 19.5 Å². The first-order chi connectivity index (χ1) is 10.3. The summed E-state index contributed by atoms with van der Waals surface area (Å²) in [6.45, 7) is 2.33. The fourth-order valence-corrected chi connectivity index (χ4v) is 2.24. The maximum Gasteiger partial charge on any atom is 0.223 e. The molecule has 5 heteroatoms. The first-order valence-corrected chi connectivity index (χ1v) is 6.80. The van der Waals surface area contributed by atoms with Crippen LogP contribution < -0.4 is 5.32 Å². The third-order valence-corrected chi connectivity index (χ3v) is 3.21. The van der Waals surface area contributed by atoms with Gasteiger partial charge >= 0.3 is 0 Å². The molecule has 2 aromatic heterocycles. The van der Waals surface area contributed by atoms with Gasteiger partial charge in [-0.05, 0) is 23.3 Å². The number of nitrogens with one attached hydrogen (secondary N) is 1. The molecule has 106 valence electrons. The molecule has 0 radical (unpaired) electrons. The fraction of sp³-hybridized carbons (Fsp3) is 0.188. The SMILES string of the molecule is Cc1nc(CNC(c2ccccc2)c2ccncc2)no1. The number of hydrogen-bond donors (Lipinski definition) is 1. The maximum absolute atomic E-state index is 5.00. The zero-order chi connectivity index (χ0) is 14.5. The number of rotatable bonds is 5. The van der Waals surface area contributed by atoms with E-state index in [2.05, 4.69) is 32.6 Å². The van der Waals surface area contributed by atoms with E-state index in [1.807, 2.05) is 30.3 Å². The molecule has 0 aliphatic rings. The Morgan fingerprint density at radius 3 is 2.43 bits per heavy atom. The summed E-state index contributed by atoms with van der Waals surface area (Å²) in [5, 5.41) is 7.38. The molecule has 0 fully saturated rings. The van der Waals surface area contributed by atoms with Gasteiger partial charge in [0.1, 0.15) is 0 Å². The molecule has 21 heavy (non-hydrogen) atoms. The van der Waals surface area contributed by atoms with Crippen molar-refractivity contribution in [3.8, 4) is 0 Å². The minimum absolute atomic E-state index is 0.0630. The highest BCUT2D eigenvalue weighted by atomic mass is 16.5. The van der Waals surface area contributed by atoms with Gasteiger partial charge in [-0.2, -0.15) is 4.98 Å². The summed E-state index contributed by atoms with van der Waals surface area (Å²) in [5.41, 5.74) is 2.33. The van der Waals surface area contributed by atoms with Crippen LogP contribution in [0.4, 0.5) is 0 Å². The Hall–Kier alpha value is -2.53. The average molecular weight is 280 g/mol. The Labute approximate surface area is 123 Å². The number of aryl methyl sites for hydroxylation is 1. The molecule has 0 aliphatic heterocycles. The van der Waals surface area contributed by atoms with Gasteiger partial charge in [-0.3, -0.25) is 10.3 Å². The van der Waals surface area contributed by atoms with E-state index in [9.17, 15) is 0 Å². The first kappa shape index (κ1) is 13.5. The van der Waals surface area contributed by atoms with Gasteiger partial charge in [-0.25, -0.2) is 0 Å². The summed E-state index contributed by atoms with van der Waals surface area (Å²) < 4.78 is 5.00. The minimum atomic E-state index is 0.0630. The first-order valence-electron chi connectivity index (χ1n) is 6.80. The van der Waals surface area contributed by atoms with E-state index in [4.69, 9.17) is 4.52 Å². The smallest absolute Gasteiger partial charge is 0.223 e. The predicted octanol–water partition coefficient (Wildman–Crippen LogP) is 2.65. The fourth-order valence-electron chi connectivity index (χ4n) is 2.24. The molecule has 0 spiro atoms. The highest BCUT2D eigenvalue weighted by Crippen LogP contribution is 2.21. The number of hydrogen-bond acceptors (Lipinski definition) is 5. The van der Waals surface area contributed by atoms with Gasteiger partial charge in [0.15, 0.2) is 5.82 Å². The van der Waals surface area contributed by atoms with Gasteiger partial charge in [0, 0.05) is 19.3 Å². The summed E-state index contributed by atoms with van der Waals surface area (Å²) in [4.78, 5) is 8.29. The van der Waals surface area contributed by atoms with Gasteiger partial charge in [0.05, 0.1) is 12.6 Å². The van der Waals surface area contributed by atoms with E-state index < -0.39 is 0 Å². The normalized spacial score (nSPS) is 12.2. The standard InChI is InChI=1S/C16H16N4O/c1-12-19-15(20-21-12)11-18-16(13-5-3-2-4-6-13)14-7-9-17-10-8-14/h2-10,16,18H,11H2,1H3. The minimum Gasteiger partial charge on any atom is -0.340 e. The van der Waals surface area contributed by atoms with Crippen LogP contribution in [0.3, 0.4) is 0 Å². The maximum atomic E-state index is 5.00. The monoisotopic (exact) mass is 280 g/mol. The molecular formula is C16H16N4O. The van der Waals surface area contributed by atoms with Crippen molar-refractivity contribution in [2.24, 2.45) is 0 Å². The second-order valence-electron chi connectivity index (χ2n) is 4.73. The van der Waals surface area contributed by atoms with Crippen LogP contribution in [0, 0.1) is 6.92 Å². The van der Waals surface area contributed by atoms with Crippen molar-refractivity contribution in [2.75, 3.05) is 0 Å². The Morgan fingerprint density at radius 1 is 1.05 bits per heavy atom. The van der Waals surface area contributed by atoms with Crippen molar-refractivity contribution < 1.29 is 4.52 Å². The van der Waals surface area contributed by atoms with Crippen molar-refractivity contribution in [1.29, 1.82) is 0 Å². The molecule has 3 rings (SSSR count). The van der Waals surface area contributed by atoms with E-state index in [1.165, 1.54) is 5.56 Å². The number of pyridine rings is 1. The molecular weight excluding hydrogens is 264 g/mol. The van der Waals surface area contributed by atoms with E-state index >= 15 is 0 Å². The van der Waals surface area contributed by atoms with E-state index in [1.54, 1.807) is 19.3 Å². The molecule has 0 saturated carbocycles. The average Bonchev–Trinajstić information content (AvgIpc) is 2.95. The van der Waals surface area contributed by atoms with Crippen molar-refractivity contribution in [3.63, 3.8) is 0 Å². The van der Waals surface area contributed by atoms with Crippen LogP contribution in [0.2, 0.25) is 0 Å². The Balaban J connectivity index is 1.83. The van der Waals surface area contributed by atoms with Gasteiger partial charge in [0.2, 0.25) is 5.89 Å². The Morgan fingerprint density at radius 2 is 1.76 bits per heavy atom. The topological polar surface area (TPSA) is 63.8 Å². The van der Waals surface area contributed by atoms with Gasteiger partial charge in [-0.15, -0.1) is 0 Å². The zero-order valence-corrected chi connectivity index (χ0v) is 11.7. The number of nitrogens with zero attached hydrogens (tertiary/aromatic N) is 3. The van der Waals surface area contributed by atoms with Crippen molar-refractivity contribution in [1.82, 2.24) is 20.4 Å². The second-order valence-corrected chi connectivity index (χ2v) is 4.73. The molecule has 0 saturated heterocycles. The van der Waals surface area contributed by atoms with Crippen LogP contribution >= 0.6 is 0 Å². The molecule has 1 N–H and O–H groups in total. The second kappa shape index (κ2) is 6.28. The third kappa shape index (κ3) is 3.32. The molecule has 1 aromatic carbocycles. The van der Waals surface area contributed by atoms with E-state index in [0.29, 0.717) is 18.3 Å². The highest BCUT2D eigenvalue weighted by molar-refractivity contribution is 5.30. The highest BCUT2D eigenvalue weighted by Gasteiger charge is 2.14. The van der Waals surface area contributed by atoms with E-state index in [-0.39, 0.29) is 6.04 Å². The van der Waals surface area contributed by atoms with Gasteiger partial charge < -0.3 is 4.52 Å². The quantitative estimate of drug-likeness (QED) is 0.778. The largest absolute Gasteiger partial charge is 0.340 e. The summed E-state index contributed by atoms with van der Waals surface area (Å²) in [6, 6.07) is 14.3. The molecule has 0 aliphatic carbocycles. The number of aromatic nitrogens is 3. The van der Waals surface area contributed by atoms with E-state index in [0.717, 1.165) is 5.56 Å². The molecule has 1 atom stereocenters. The molecule has 2 heterocycles. The van der Waals surface area contributed by atoms with Gasteiger partial charge in [-0.1, -0.05) is 35.5 Å². The lowest BCUT2D eigenvalue weighted by molar-refractivity contribution is 0.384. The lowest BCUT2D eigenvalue weighted by atomic mass is 10.00. The van der Waals surface area contributed by atoms with Crippen molar-refractivity contribution in [3.05, 3.63) is 77.7 Å². The molecule has 5 nitrogen and oxygen atoms in total. The van der Waals surface area contributed by atoms with Crippen LogP contribution in [0.25, 0.3) is 0 Å². The van der Waals surface area contributed by atoms with Crippen LogP contribution in [-0.2, 0) is 6.54 Å². The predicted molar refractivity (Wildman–Crippen MR) is 78.4 cm³/mol. The van der Waals surface area contributed by atoms with Crippen molar-refractivity contribution >= 4 is 0 Å². The summed E-state index contributed by atoms with van der Waals surface area (Å²) >= 11 is 0. The summed E-state index contributed by atoms with van der Waals surface area (Å²) in [5.74, 6) is 1.23. The number of benzene rings is 1. The molecule has 1 unspecified atom stereocenters. The lowest BCUT2D eigenvalue weighted by Gasteiger charge is -2.18. The Bertz CT molecular complexity index is 642. The summed E-state index contributed by atoms with van der Waals surface area (Å²) in [7, 11) is 0. The summed E-state index contributed by atoms with van der Waals surface area (Å²) in [6.07, 6.45) is 3.59. The van der Waals surface area contributed by atoms with Crippen LogP contribution in [0.15, 0.2) is 59.4 Å². The zero-order valence-electron chi connectivity index (χ0n) is 11.7. The molecule has 3 aromatic rings. The van der Waals surface area contributed by atoms with Gasteiger partial charge in [0.25, 0.3) is 0 Å². The van der Waals surface area contributed by atoms with Crippen LogP contribution in [-0.4, -0.2) is 15.1 Å². The third-order valence-electron chi connectivity index (χ3n) is 3.21. The van der Waals surface area contributed by atoms with Crippen LogP contribution in [0.1, 0.15) is 28.9 Å². The molecule has 0 amide bonds. The Kier molecular flexibility index (Phi) is 4.02. The lowest BCUT2D eigenvalue weighted by Crippen LogP contribution is -2.22. The van der Waals surface area contributed by atoms with Crippen LogP contribution in [0.5, 0.6) is 0 Å².